The average molecular weight is 515 g/mol. The molecule has 1 amide bonds. The molecule has 2 aromatic heterocycles. The smallest absolute Gasteiger partial charge is 0.333 e. The second kappa shape index (κ2) is 9.33. The Morgan fingerprint density at radius 2 is 1.66 bits per heavy atom. The van der Waals surface area contributed by atoms with E-state index in [0.29, 0.717) is 28.3 Å². The number of nitrogens with zero attached hydrogens (tertiary/aromatic N) is 3. The third-order valence-electron chi connectivity index (χ3n) is 6.28. The molecule has 196 valence electrons. The number of phenols is 1. The van der Waals surface area contributed by atoms with E-state index in [0.717, 1.165) is 16.6 Å². The molecule has 3 aromatic carbocycles. The van der Waals surface area contributed by atoms with Gasteiger partial charge >= 0.3 is 5.97 Å². The molecule has 2 heterocycles. The molecule has 0 radical (unpaired) electrons. The van der Waals surface area contributed by atoms with Gasteiger partial charge in [-0.3, -0.25) is 4.79 Å². The van der Waals surface area contributed by atoms with Crippen LogP contribution in [0.15, 0.2) is 72.8 Å². The molecule has 5 aromatic rings. The van der Waals surface area contributed by atoms with Gasteiger partial charge in [0.15, 0.2) is 0 Å². The quantitative estimate of drug-likeness (QED) is 0.169. The van der Waals surface area contributed by atoms with Gasteiger partial charge in [0.1, 0.15) is 41.4 Å². The topological polar surface area (TPSA) is 98.6 Å². The normalized spacial score (nSPS) is 11.8. The molecule has 0 spiro atoms. The van der Waals surface area contributed by atoms with E-state index in [1.54, 1.807) is 43.3 Å². The van der Waals surface area contributed by atoms with Crippen molar-refractivity contribution in [1.29, 1.82) is 0 Å². The Bertz CT molecular complexity index is 1650. The first-order chi connectivity index (χ1) is 18.0. The van der Waals surface area contributed by atoms with Crippen LogP contribution in [0.25, 0.3) is 16.7 Å². The Morgan fingerprint density at radius 1 is 0.947 bits per heavy atom. The van der Waals surface area contributed by atoms with Crippen molar-refractivity contribution in [3.63, 3.8) is 0 Å². The van der Waals surface area contributed by atoms with Crippen molar-refractivity contribution >= 4 is 28.6 Å². The lowest BCUT2D eigenvalue weighted by Crippen LogP contribution is -2.13. The summed E-state index contributed by atoms with van der Waals surface area (Å²) in [5.41, 5.74) is 5.07. The minimum absolute atomic E-state index is 0.0515. The van der Waals surface area contributed by atoms with Gasteiger partial charge in [0.2, 0.25) is 0 Å². The van der Waals surface area contributed by atoms with Gasteiger partial charge in [0.25, 0.3) is 5.91 Å². The summed E-state index contributed by atoms with van der Waals surface area (Å²) < 4.78 is 14.4. The number of amides is 1. The van der Waals surface area contributed by atoms with E-state index in [9.17, 15) is 14.7 Å². The van der Waals surface area contributed by atoms with E-state index >= 15 is 0 Å². The van der Waals surface area contributed by atoms with E-state index < -0.39 is 5.97 Å². The van der Waals surface area contributed by atoms with Crippen molar-refractivity contribution in [3.8, 4) is 17.2 Å². The van der Waals surface area contributed by atoms with Crippen molar-refractivity contribution < 1.29 is 24.2 Å². The molecular weight excluding hydrogens is 484 g/mol. The first kappa shape index (κ1) is 25.0. The number of hydrogen-bond acceptors (Lipinski definition) is 5. The number of rotatable bonds is 8. The van der Waals surface area contributed by atoms with Crippen LogP contribution in [0.4, 0.5) is 5.69 Å². The maximum absolute atomic E-state index is 12.9. The summed E-state index contributed by atoms with van der Waals surface area (Å²) in [6, 6.07) is 18.1. The molecule has 0 aliphatic heterocycles. The highest BCUT2D eigenvalue weighted by Crippen LogP contribution is 2.34. The lowest BCUT2D eigenvalue weighted by Gasteiger charge is -2.19. The fourth-order valence-electron chi connectivity index (χ4n) is 4.09. The molecule has 38 heavy (non-hydrogen) atoms. The van der Waals surface area contributed by atoms with E-state index in [4.69, 9.17) is 9.47 Å². The summed E-state index contributed by atoms with van der Waals surface area (Å²) >= 11 is 0. The number of ether oxygens (including phenoxy) is 2. The van der Waals surface area contributed by atoms with Crippen molar-refractivity contribution in [1.82, 2.24) is 14.1 Å². The Balaban J connectivity index is 1.25. The van der Waals surface area contributed by atoms with Crippen LogP contribution in [0.2, 0.25) is 0 Å². The van der Waals surface area contributed by atoms with Crippen LogP contribution in [0.3, 0.4) is 0 Å². The van der Waals surface area contributed by atoms with Crippen LogP contribution in [-0.4, -0.2) is 44.3 Å². The molecule has 2 N–H and O–H groups in total. The monoisotopic (exact) mass is 514 g/mol. The lowest BCUT2D eigenvalue weighted by molar-refractivity contribution is -0.139. The molecule has 9 heteroatoms. The Hall–Kier alpha value is -4.66. The van der Waals surface area contributed by atoms with Gasteiger partial charge in [-0.15, -0.1) is 14.1 Å². The number of aromatic nitrogens is 3. The van der Waals surface area contributed by atoms with Crippen LogP contribution in [0.5, 0.6) is 11.5 Å². The molecule has 0 unspecified atom stereocenters. The first-order valence-electron chi connectivity index (χ1n) is 12.3. The third kappa shape index (κ3) is 4.70. The van der Waals surface area contributed by atoms with E-state index in [1.807, 2.05) is 38.3 Å². The lowest BCUT2D eigenvalue weighted by atomic mass is 9.87. The molecule has 9 nitrogen and oxygen atoms in total. The van der Waals surface area contributed by atoms with Gasteiger partial charge in [-0.1, -0.05) is 33.4 Å². The number of carbonyl (C=O) groups excluding carboxylic acids is 2. The summed E-state index contributed by atoms with van der Waals surface area (Å²) in [5.74, 6) is 0.0967. The largest absolute Gasteiger partial charge is 0.506 e. The van der Waals surface area contributed by atoms with Crippen molar-refractivity contribution in [3.05, 3.63) is 83.9 Å². The molecular formula is C29H30N4O5. The zero-order valence-electron chi connectivity index (χ0n) is 21.8. The number of aromatic hydroxyl groups is 1. The first-order valence-corrected chi connectivity index (χ1v) is 12.3. The van der Waals surface area contributed by atoms with Gasteiger partial charge in [0, 0.05) is 16.8 Å². The van der Waals surface area contributed by atoms with Gasteiger partial charge in [0.05, 0.1) is 0 Å². The highest BCUT2D eigenvalue weighted by molar-refractivity contribution is 6.06. The average Bonchev–Trinajstić information content (AvgIpc) is 3.53. The molecule has 0 bridgehead atoms. The highest BCUT2D eigenvalue weighted by atomic mass is 16.6. The van der Waals surface area contributed by atoms with Crippen LogP contribution in [0, 0.1) is 0 Å². The Kier molecular flexibility index (Phi) is 6.14. The summed E-state index contributed by atoms with van der Waals surface area (Å²) in [5, 5.41) is 13.4. The number of esters is 1. The maximum Gasteiger partial charge on any atom is 0.333 e. The maximum atomic E-state index is 12.9. The highest BCUT2D eigenvalue weighted by Gasteiger charge is 2.27. The molecule has 0 atom stereocenters. The molecule has 0 saturated heterocycles. The number of benzene rings is 3. The van der Waals surface area contributed by atoms with Crippen molar-refractivity contribution in [2.45, 2.75) is 33.1 Å². The molecule has 0 aliphatic rings. The minimum atomic E-state index is -0.450. The fraction of sp³-hybridized carbons (Fsp3) is 0.241. The fourth-order valence-corrected chi connectivity index (χ4v) is 4.09. The van der Waals surface area contributed by atoms with Crippen LogP contribution in [0.1, 0.15) is 43.6 Å². The van der Waals surface area contributed by atoms with Crippen LogP contribution < -0.4 is 10.1 Å². The Labute approximate surface area is 219 Å². The summed E-state index contributed by atoms with van der Waals surface area (Å²) in [6.45, 7) is 11.8. The van der Waals surface area contributed by atoms with E-state index in [2.05, 4.69) is 32.7 Å². The predicted octanol–water partition coefficient (Wildman–Crippen LogP) is 5.17. The van der Waals surface area contributed by atoms with Crippen molar-refractivity contribution in [2.24, 2.45) is 0 Å². The number of anilines is 1. The van der Waals surface area contributed by atoms with Gasteiger partial charge in [-0.2, -0.15) is 0 Å². The number of nitrogens with one attached hydrogen (secondary N) is 1. The molecule has 0 fully saturated rings. The number of carbonyl (C=O) groups is 2. The minimum Gasteiger partial charge on any atom is -0.506 e. The Morgan fingerprint density at radius 3 is 2.34 bits per heavy atom. The van der Waals surface area contributed by atoms with Gasteiger partial charge in [-0.25, -0.2) is 4.79 Å². The second-order valence-electron chi connectivity index (χ2n) is 10.3. The number of fused-ring (bicyclic) bond motifs is 4. The molecule has 0 aliphatic carbocycles. The predicted molar refractivity (Wildman–Crippen MR) is 145 cm³/mol. The summed E-state index contributed by atoms with van der Waals surface area (Å²) in [4.78, 5) is 26.2. The zero-order valence-corrected chi connectivity index (χ0v) is 21.8. The summed E-state index contributed by atoms with van der Waals surface area (Å²) in [7, 11) is 0. The van der Waals surface area contributed by atoms with Crippen LogP contribution in [-0.2, 0) is 14.9 Å². The zero-order chi connectivity index (χ0) is 27.2. The number of hydrogen-bond donors (Lipinski definition) is 2. The second-order valence-corrected chi connectivity index (χ2v) is 10.3. The van der Waals surface area contributed by atoms with Crippen LogP contribution >= 0.6 is 0 Å². The van der Waals surface area contributed by atoms with E-state index in [-0.39, 0.29) is 30.3 Å². The van der Waals surface area contributed by atoms with Gasteiger partial charge in [-0.05, 0) is 72.5 Å². The SMILES string of the molecule is C=C(C)C(=O)OCCOc1ccc(NC(=O)c2ccc3c(c2)n2n(-c4cc(C(C)(C)C)ccc4O)n32)cc1. The molecule has 5 rings (SSSR count). The van der Waals surface area contributed by atoms with Crippen molar-refractivity contribution in [2.75, 3.05) is 18.5 Å². The van der Waals surface area contributed by atoms with Gasteiger partial charge < -0.3 is 19.9 Å². The summed E-state index contributed by atoms with van der Waals surface area (Å²) in [6.07, 6.45) is 0. The number of phenolic OH excluding ortho intramolecular Hbond substituents is 1. The molecule has 0 saturated carbocycles. The standard InChI is InChI=1S/C29H30N4O5/c1-18(2)28(36)38-15-14-37-22-10-8-21(9-11-22)30-27(35)19-6-12-23-24(16-19)32-31(23)33(32)25-17-20(29(3,4)5)7-13-26(25)34/h6-13,16-17,34H,1,14-15H2,2-5H3,(H,30,35). The third-order valence-corrected chi connectivity index (χ3v) is 6.28. The van der Waals surface area contributed by atoms with E-state index in [1.165, 1.54) is 0 Å².